The predicted octanol–water partition coefficient (Wildman–Crippen LogP) is -0.275. The van der Waals surface area contributed by atoms with Crippen LogP contribution in [0.3, 0.4) is 0 Å². The average Bonchev–Trinajstić information content (AvgIpc) is 1.00. The van der Waals surface area contributed by atoms with Crippen LogP contribution in [0.4, 0.5) is 0 Å². The molecule has 0 aliphatic rings. The summed E-state index contributed by atoms with van der Waals surface area (Å²) < 4.78 is 8.11. The summed E-state index contributed by atoms with van der Waals surface area (Å²) >= 11 is 1.44. The molecule has 0 saturated carbocycles. The van der Waals surface area contributed by atoms with Crippen molar-refractivity contribution in [2.24, 2.45) is 0 Å². The second-order valence-electron chi connectivity index (χ2n) is 0. The van der Waals surface area contributed by atoms with Crippen LogP contribution in [0.25, 0.3) is 0 Å². The molecule has 0 radical (unpaired) electrons. The second-order valence-corrected chi connectivity index (χ2v) is 0. The van der Waals surface area contributed by atoms with Crippen molar-refractivity contribution >= 4 is 45.5 Å². The molecular formula is H2CeOSrYb. The molecule has 0 amide bonds. The Balaban J connectivity index is -0.000000000833. The van der Waals surface area contributed by atoms with Crippen LogP contribution in [-0.2, 0) is 0.288 Å². The monoisotopic (exact) mass is 420 g/mol. The first-order valence-electron chi connectivity index (χ1n) is 0.109. The molecule has 0 rings (SSSR count). The molecule has 0 unspecified atom stereocenters. The zero-order valence-corrected chi connectivity index (χ0v) is 10.2. The first-order valence-corrected chi connectivity index (χ1v) is 0.809. The minimum atomic E-state index is 0. The van der Waals surface area contributed by atoms with E-state index >= 15 is 0 Å². The van der Waals surface area contributed by atoms with Crippen LogP contribution >= 0.6 is 0 Å². The minimum absolute atomic E-state index is 0. The van der Waals surface area contributed by atoms with Gasteiger partial charge in [0.05, 0.1) is 0 Å². The largest absolute Gasteiger partial charge is 2.00 e. The molecule has 4 heavy (non-hydrogen) atoms. The van der Waals surface area contributed by atoms with Gasteiger partial charge >= 0.3 is 90.6 Å². The van der Waals surface area contributed by atoms with E-state index in [4.69, 9.17) is 0.288 Å². The number of hydrogen-bond donors (Lipinski definition) is 0. The summed E-state index contributed by atoms with van der Waals surface area (Å²) in [6.07, 6.45) is 0. The van der Waals surface area contributed by atoms with E-state index in [1.807, 2.05) is 0 Å². The zero-order valence-electron chi connectivity index (χ0n) is 3.88. The van der Waals surface area contributed by atoms with Gasteiger partial charge in [-0.25, -0.2) is 0 Å². The van der Waals surface area contributed by atoms with Gasteiger partial charge < -0.3 is 2.85 Å². The third-order valence-corrected chi connectivity index (χ3v) is 0. The molecule has 0 aromatic rings. The van der Waals surface area contributed by atoms with Gasteiger partial charge in [0, 0.05) is 41.7 Å². The third-order valence-electron chi connectivity index (χ3n) is 0. The van der Waals surface area contributed by atoms with Crippen molar-refractivity contribution in [3.05, 3.63) is 0 Å². The summed E-state index contributed by atoms with van der Waals surface area (Å²) in [4.78, 5) is 0. The van der Waals surface area contributed by atoms with Gasteiger partial charge in [-0.05, 0) is 0 Å². The normalized spacial score (nSPS) is 1.50. The van der Waals surface area contributed by atoms with Gasteiger partial charge in [0.15, 0.2) is 0 Å². The van der Waals surface area contributed by atoms with Crippen LogP contribution in [0.2, 0.25) is 0 Å². The van der Waals surface area contributed by atoms with Gasteiger partial charge in [-0.3, -0.25) is 0 Å². The molecule has 0 aromatic carbocycles. The summed E-state index contributed by atoms with van der Waals surface area (Å²) in [6, 6.07) is 0. The maximum atomic E-state index is 8.11. The Hall–Kier alpha value is 4.18. The molecule has 0 aliphatic carbocycles. The van der Waals surface area contributed by atoms with E-state index in [0.717, 1.165) is 0 Å². The van der Waals surface area contributed by atoms with Crippen molar-refractivity contribution in [1.29, 1.82) is 0 Å². The maximum Gasteiger partial charge on any atom is 2.00 e. The Kier molecular flexibility index (Phi) is 61.7. The van der Waals surface area contributed by atoms with Crippen molar-refractivity contribution in [2.75, 3.05) is 0 Å². The molecule has 0 spiro atoms. The van der Waals surface area contributed by atoms with E-state index in [2.05, 4.69) is 0 Å². The Morgan fingerprint density at radius 2 is 1.50 bits per heavy atom. The fourth-order valence-electron chi connectivity index (χ4n) is 0. The summed E-state index contributed by atoms with van der Waals surface area (Å²) in [6.45, 7) is 0. The fraction of sp³-hybridized carbons (Fsp3) is 0. The Labute approximate surface area is 131 Å². The molecular weight excluding hydrogens is 417 g/mol. The van der Waals surface area contributed by atoms with Gasteiger partial charge in [0.25, 0.3) is 0 Å². The van der Waals surface area contributed by atoms with E-state index < -0.39 is 0 Å². The molecule has 0 saturated heterocycles. The fourth-order valence-corrected chi connectivity index (χ4v) is 0. The summed E-state index contributed by atoms with van der Waals surface area (Å²) in [7, 11) is 0. The summed E-state index contributed by atoms with van der Waals surface area (Å²) in [5, 5.41) is 0. The molecule has 4 heteroatoms. The minimum Gasteiger partial charge on any atom is 2.00 e. The molecule has 0 atom stereocenters. The van der Waals surface area contributed by atoms with Crippen LogP contribution in [0.5, 0.6) is 0 Å². The second kappa shape index (κ2) is 15.7. The Bertz CT molecular complexity index is 13.5. The molecule has 0 heterocycles. The third kappa shape index (κ3) is 9.49. The van der Waals surface area contributed by atoms with Crippen molar-refractivity contribution in [2.45, 2.75) is 0 Å². The predicted molar refractivity (Wildman–Crippen MR) is 8.66 cm³/mol. The Morgan fingerprint density at radius 3 is 1.50 bits per heavy atom. The van der Waals surface area contributed by atoms with Crippen molar-refractivity contribution in [1.82, 2.24) is 0 Å². The SMILES string of the molecule is [Ce].[H-].[H-].[O]=[Yb].[Sr+2]. The average molecular weight is 419 g/mol. The zero-order chi connectivity index (χ0) is 2.00. The van der Waals surface area contributed by atoms with E-state index in [9.17, 15) is 0 Å². The maximum absolute atomic E-state index is 8.11. The molecule has 0 fully saturated rings. The smallest absolute Gasteiger partial charge is 2.00 e. The van der Waals surface area contributed by atoms with Gasteiger partial charge in [-0.2, -0.15) is 0 Å². The van der Waals surface area contributed by atoms with E-state index in [-0.39, 0.29) is 90.1 Å². The van der Waals surface area contributed by atoms with Crippen molar-refractivity contribution in [3.8, 4) is 0 Å². The Morgan fingerprint density at radius 1 is 1.50 bits per heavy atom. The molecule has 0 bridgehead atoms. The van der Waals surface area contributed by atoms with Crippen LogP contribution in [0.1, 0.15) is 2.85 Å². The van der Waals surface area contributed by atoms with Crippen LogP contribution in [0.15, 0.2) is 0 Å². The number of hydrogen-bond acceptors (Lipinski definition) is 1. The van der Waals surface area contributed by atoms with E-state index in [1.54, 1.807) is 0 Å². The summed E-state index contributed by atoms with van der Waals surface area (Å²) in [5.74, 6) is 0. The first-order chi connectivity index (χ1) is 1.00. The van der Waals surface area contributed by atoms with Crippen molar-refractivity contribution in [3.63, 3.8) is 0 Å². The molecule has 0 aliphatic heterocycles. The van der Waals surface area contributed by atoms with E-state index in [1.165, 1.54) is 44.8 Å². The van der Waals surface area contributed by atoms with Crippen LogP contribution < -0.4 is 0 Å². The van der Waals surface area contributed by atoms with Gasteiger partial charge in [-0.15, -0.1) is 0 Å². The van der Waals surface area contributed by atoms with Crippen LogP contribution in [0, 0.1) is 86.6 Å². The van der Waals surface area contributed by atoms with Gasteiger partial charge in [0.2, 0.25) is 0 Å². The van der Waals surface area contributed by atoms with Crippen molar-refractivity contribution < 1.29 is 89.7 Å². The standard InChI is InChI=1S/Ce.O.Sr.Yb.2H/q;;+2;;2*-1. The molecule has 0 N–H and O–H groups in total. The van der Waals surface area contributed by atoms with Crippen LogP contribution in [-0.4, -0.2) is 45.5 Å². The van der Waals surface area contributed by atoms with Gasteiger partial charge in [-0.1, -0.05) is 0 Å². The quantitative estimate of drug-likeness (QED) is 0.495. The topological polar surface area (TPSA) is 17.1 Å². The number of rotatable bonds is 0. The van der Waals surface area contributed by atoms with Gasteiger partial charge in [0.1, 0.15) is 0 Å². The first kappa shape index (κ1) is 15.7. The van der Waals surface area contributed by atoms with E-state index in [0.29, 0.717) is 0 Å². The molecule has 0 aromatic heterocycles. The molecule has 28 valence electrons. The summed E-state index contributed by atoms with van der Waals surface area (Å²) in [5.41, 5.74) is 0. The molecule has 1 nitrogen and oxygen atoms in total.